The van der Waals surface area contributed by atoms with Crippen LogP contribution in [-0.2, 0) is 9.53 Å². The van der Waals surface area contributed by atoms with Crippen molar-refractivity contribution in [2.75, 3.05) is 5.32 Å². The molecular weight excluding hydrogens is 410 g/mol. The zero-order chi connectivity index (χ0) is 19.8. The third-order valence-electron chi connectivity index (χ3n) is 4.30. The number of aromatic nitrogens is 2. The Labute approximate surface area is 167 Å². The predicted octanol–water partition coefficient (Wildman–Crippen LogP) is 5.05. The molecular formula is C20H24BrN3O3. The molecule has 6 nitrogen and oxygen atoms in total. The fourth-order valence-electron chi connectivity index (χ4n) is 2.65. The van der Waals surface area contributed by atoms with Gasteiger partial charge in [-0.3, -0.25) is 4.79 Å². The van der Waals surface area contributed by atoms with Crippen LogP contribution >= 0.6 is 15.9 Å². The lowest BCUT2D eigenvalue weighted by Crippen LogP contribution is -2.29. The van der Waals surface area contributed by atoms with Gasteiger partial charge in [-0.05, 0) is 58.2 Å². The van der Waals surface area contributed by atoms with E-state index < -0.39 is 11.7 Å². The molecule has 27 heavy (non-hydrogen) atoms. The molecule has 1 aliphatic rings. The molecule has 0 spiro atoms. The maximum atomic E-state index is 12.7. The molecule has 2 aromatic rings. The van der Waals surface area contributed by atoms with E-state index in [0.29, 0.717) is 11.7 Å². The number of anilines is 1. The van der Waals surface area contributed by atoms with E-state index in [1.165, 1.54) is 0 Å². The van der Waals surface area contributed by atoms with Crippen LogP contribution in [-0.4, -0.2) is 27.4 Å². The smallest absolute Gasteiger partial charge is 0.437 e. The number of hydrogen-bond donors (Lipinski definition) is 1. The molecule has 0 aliphatic heterocycles. The van der Waals surface area contributed by atoms with Crippen molar-refractivity contribution in [2.24, 2.45) is 0 Å². The maximum Gasteiger partial charge on any atom is 0.437 e. The molecule has 0 radical (unpaired) electrons. The minimum Gasteiger partial charge on any atom is -0.442 e. The van der Waals surface area contributed by atoms with Gasteiger partial charge in [-0.1, -0.05) is 28.1 Å². The Morgan fingerprint density at radius 2 is 1.89 bits per heavy atom. The van der Waals surface area contributed by atoms with Crippen LogP contribution in [0, 0.1) is 0 Å². The van der Waals surface area contributed by atoms with Gasteiger partial charge in [0, 0.05) is 16.5 Å². The maximum absolute atomic E-state index is 12.7. The van der Waals surface area contributed by atoms with Crippen LogP contribution in [0.2, 0.25) is 0 Å². The third-order valence-corrected chi connectivity index (χ3v) is 4.83. The largest absolute Gasteiger partial charge is 0.442 e. The van der Waals surface area contributed by atoms with E-state index in [4.69, 9.17) is 4.74 Å². The first-order valence-electron chi connectivity index (χ1n) is 9.03. The average Bonchev–Trinajstić information content (AvgIpc) is 3.34. The number of hydrogen-bond acceptors (Lipinski definition) is 4. The molecule has 1 aliphatic carbocycles. The summed E-state index contributed by atoms with van der Waals surface area (Å²) in [6.45, 7) is 7.22. The average molecular weight is 434 g/mol. The quantitative estimate of drug-likeness (QED) is 0.731. The SMILES string of the molecule is C[C@H](C(=O)Nc1cc(C2CC2)nn1C(=O)OC(C)(C)C)c1ccc(Br)cc1. The highest BCUT2D eigenvalue weighted by atomic mass is 79.9. The van der Waals surface area contributed by atoms with Gasteiger partial charge in [0.1, 0.15) is 11.4 Å². The fourth-order valence-corrected chi connectivity index (χ4v) is 2.91. The number of benzene rings is 1. The molecule has 1 N–H and O–H groups in total. The van der Waals surface area contributed by atoms with Crippen molar-refractivity contribution in [3.8, 4) is 0 Å². The highest BCUT2D eigenvalue weighted by molar-refractivity contribution is 9.10. The second-order valence-corrected chi connectivity index (χ2v) is 8.80. The van der Waals surface area contributed by atoms with Gasteiger partial charge < -0.3 is 10.1 Å². The summed E-state index contributed by atoms with van der Waals surface area (Å²) >= 11 is 3.39. The Hall–Kier alpha value is -2.15. The van der Waals surface area contributed by atoms with Crippen LogP contribution in [0.1, 0.15) is 63.6 Å². The summed E-state index contributed by atoms with van der Waals surface area (Å²) in [6, 6.07) is 9.36. The first-order valence-corrected chi connectivity index (χ1v) is 9.83. The highest BCUT2D eigenvalue weighted by Gasteiger charge is 2.30. The molecule has 3 rings (SSSR count). The molecule has 1 aromatic heterocycles. The van der Waals surface area contributed by atoms with Crippen LogP contribution in [0.25, 0.3) is 0 Å². The van der Waals surface area contributed by atoms with Crippen molar-refractivity contribution >= 4 is 33.7 Å². The molecule has 1 saturated carbocycles. The number of carbonyl (C=O) groups excluding carboxylic acids is 2. The number of rotatable bonds is 4. The molecule has 0 bridgehead atoms. The highest BCUT2D eigenvalue weighted by Crippen LogP contribution is 2.40. The Morgan fingerprint density at radius 3 is 2.44 bits per heavy atom. The lowest BCUT2D eigenvalue weighted by molar-refractivity contribution is -0.117. The molecule has 1 heterocycles. The third kappa shape index (κ3) is 4.97. The lowest BCUT2D eigenvalue weighted by atomic mass is 10.0. The molecule has 144 valence electrons. The van der Waals surface area contributed by atoms with Gasteiger partial charge in [0.2, 0.25) is 5.91 Å². The summed E-state index contributed by atoms with van der Waals surface area (Å²) in [5, 5.41) is 7.22. The van der Waals surface area contributed by atoms with E-state index in [-0.39, 0.29) is 11.8 Å². The number of nitrogens with zero attached hydrogens (tertiary/aromatic N) is 2. The number of amides is 1. The van der Waals surface area contributed by atoms with Gasteiger partial charge >= 0.3 is 6.09 Å². The summed E-state index contributed by atoms with van der Waals surface area (Å²) in [4.78, 5) is 25.3. The normalized spacial score (nSPS) is 15.3. The van der Waals surface area contributed by atoms with E-state index in [2.05, 4.69) is 26.3 Å². The minimum absolute atomic E-state index is 0.204. The van der Waals surface area contributed by atoms with E-state index >= 15 is 0 Å². The van der Waals surface area contributed by atoms with Crippen LogP contribution in [0.4, 0.5) is 10.6 Å². The molecule has 1 fully saturated rings. The van der Waals surface area contributed by atoms with E-state index in [1.54, 1.807) is 26.8 Å². The zero-order valence-electron chi connectivity index (χ0n) is 16.0. The number of carbonyl (C=O) groups is 2. The van der Waals surface area contributed by atoms with Crippen molar-refractivity contribution < 1.29 is 14.3 Å². The van der Waals surface area contributed by atoms with Gasteiger partial charge in [0.25, 0.3) is 0 Å². The van der Waals surface area contributed by atoms with Crippen LogP contribution in [0.3, 0.4) is 0 Å². The van der Waals surface area contributed by atoms with Crippen molar-refractivity contribution in [3.63, 3.8) is 0 Å². The Morgan fingerprint density at radius 1 is 1.26 bits per heavy atom. The van der Waals surface area contributed by atoms with Crippen molar-refractivity contribution in [3.05, 3.63) is 46.1 Å². The number of nitrogens with one attached hydrogen (secondary N) is 1. The standard InChI is InChI=1S/C20H24BrN3O3/c1-12(13-7-9-15(21)10-8-13)18(25)22-17-11-16(14-5-6-14)23-24(17)19(26)27-20(2,3)4/h7-12,14H,5-6H2,1-4H3,(H,22,25)/t12-/m0/s1. The summed E-state index contributed by atoms with van der Waals surface area (Å²) in [6.07, 6.45) is 1.50. The predicted molar refractivity (Wildman–Crippen MR) is 107 cm³/mol. The van der Waals surface area contributed by atoms with Gasteiger partial charge in [0.15, 0.2) is 0 Å². The van der Waals surface area contributed by atoms with Gasteiger partial charge in [-0.2, -0.15) is 5.10 Å². The van der Waals surface area contributed by atoms with Crippen molar-refractivity contribution in [1.82, 2.24) is 9.78 Å². The van der Waals surface area contributed by atoms with Gasteiger partial charge in [0.05, 0.1) is 11.6 Å². The molecule has 0 unspecified atom stereocenters. The number of halogens is 1. The Bertz CT molecular complexity index is 848. The van der Waals surface area contributed by atoms with Gasteiger partial charge in [-0.15, -0.1) is 4.68 Å². The first kappa shape index (κ1) is 19.6. The monoisotopic (exact) mass is 433 g/mol. The van der Waals surface area contributed by atoms with Crippen LogP contribution in [0.15, 0.2) is 34.8 Å². The Balaban J connectivity index is 1.81. The fraction of sp³-hybridized carbons (Fsp3) is 0.450. The van der Waals surface area contributed by atoms with Crippen LogP contribution < -0.4 is 5.32 Å². The van der Waals surface area contributed by atoms with Crippen molar-refractivity contribution in [2.45, 2.75) is 58.0 Å². The topological polar surface area (TPSA) is 73.2 Å². The van der Waals surface area contributed by atoms with E-state index in [9.17, 15) is 9.59 Å². The molecule has 7 heteroatoms. The summed E-state index contributed by atoms with van der Waals surface area (Å²) in [7, 11) is 0. The Kier molecular flexibility index (Phi) is 5.42. The summed E-state index contributed by atoms with van der Waals surface area (Å²) < 4.78 is 7.54. The molecule has 1 amide bonds. The summed E-state index contributed by atoms with van der Waals surface area (Å²) in [5.74, 6) is 0.127. The molecule has 0 saturated heterocycles. The van der Waals surface area contributed by atoms with E-state index in [1.807, 2.05) is 31.2 Å². The lowest BCUT2D eigenvalue weighted by Gasteiger charge is -2.20. The summed E-state index contributed by atoms with van der Waals surface area (Å²) in [5.41, 5.74) is 1.06. The first-order chi connectivity index (χ1) is 12.6. The number of ether oxygens (including phenoxy) is 1. The second-order valence-electron chi connectivity index (χ2n) is 7.88. The van der Waals surface area contributed by atoms with Gasteiger partial charge in [-0.25, -0.2) is 4.79 Å². The molecule has 1 atom stereocenters. The van der Waals surface area contributed by atoms with Crippen LogP contribution in [0.5, 0.6) is 0 Å². The minimum atomic E-state index is -0.644. The van der Waals surface area contributed by atoms with Crippen molar-refractivity contribution in [1.29, 1.82) is 0 Å². The molecule has 1 aromatic carbocycles. The second kappa shape index (κ2) is 7.46. The van der Waals surface area contributed by atoms with E-state index in [0.717, 1.165) is 33.3 Å². The zero-order valence-corrected chi connectivity index (χ0v) is 17.5.